The van der Waals surface area contributed by atoms with Crippen molar-refractivity contribution in [3.63, 3.8) is 0 Å². The molecule has 1 unspecified atom stereocenters. The topological polar surface area (TPSA) is 69.6 Å². The molecule has 0 aliphatic rings. The lowest BCUT2D eigenvalue weighted by Gasteiger charge is -2.15. The first kappa shape index (κ1) is 14.6. The van der Waals surface area contributed by atoms with Crippen LogP contribution in [0.15, 0.2) is 24.3 Å². The molecule has 0 heterocycles. The molecule has 2 atom stereocenters. The van der Waals surface area contributed by atoms with E-state index in [2.05, 4.69) is 5.32 Å². The first-order valence-corrected chi connectivity index (χ1v) is 5.86. The average molecular weight is 255 g/mol. The summed E-state index contributed by atoms with van der Waals surface area (Å²) >= 11 is 0. The van der Waals surface area contributed by atoms with Crippen LogP contribution in [0.25, 0.3) is 0 Å². The number of rotatable bonds is 6. The molecule has 0 saturated heterocycles. The summed E-state index contributed by atoms with van der Waals surface area (Å²) in [5.41, 5.74) is 0.375. The fraction of sp³-hybridized carbons (Fsp3) is 0.462. The van der Waals surface area contributed by atoms with Gasteiger partial charge in [0.2, 0.25) is 5.91 Å². The third kappa shape index (κ3) is 4.81. The number of aliphatic hydroxyl groups is 2. The van der Waals surface area contributed by atoms with Crippen LogP contribution in [0, 0.1) is 5.82 Å². The van der Waals surface area contributed by atoms with Crippen LogP contribution < -0.4 is 5.32 Å². The minimum Gasteiger partial charge on any atom is -0.396 e. The number of carbonyl (C=O) groups excluding carboxylic acids is 1. The fourth-order valence-electron chi connectivity index (χ4n) is 1.61. The molecule has 1 rings (SSSR count). The van der Waals surface area contributed by atoms with E-state index >= 15 is 0 Å². The molecule has 0 radical (unpaired) electrons. The van der Waals surface area contributed by atoms with Gasteiger partial charge in [0.15, 0.2) is 0 Å². The molecule has 100 valence electrons. The molecule has 0 bridgehead atoms. The Balaban J connectivity index is 2.49. The maximum absolute atomic E-state index is 12.9. The molecule has 0 aromatic heterocycles. The summed E-state index contributed by atoms with van der Waals surface area (Å²) in [5, 5.41) is 21.1. The summed E-state index contributed by atoms with van der Waals surface area (Å²) in [6.07, 6.45) is -0.692. The van der Waals surface area contributed by atoms with Crippen molar-refractivity contribution >= 4 is 5.91 Å². The zero-order valence-corrected chi connectivity index (χ0v) is 10.3. The Kier molecular flexibility index (Phi) is 5.74. The highest BCUT2D eigenvalue weighted by atomic mass is 19.1. The summed E-state index contributed by atoms with van der Waals surface area (Å²) in [6.45, 7) is 1.76. The van der Waals surface area contributed by atoms with Crippen LogP contribution in [0.4, 0.5) is 4.39 Å². The second kappa shape index (κ2) is 7.08. The van der Waals surface area contributed by atoms with Gasteiger partial charge in [-0.3, -0.25) is 4.79 Å². The average Bonchev–Trinajstić information content (AvgIpc) is 2.28. The molecule has 0 aliphatic carbocycles. The maximum Gasteiger partial charge on any atom is 0.223 e. The van der Waals surface area contributed by atoms with Crippen molar-refractivity contribution in [3.05, 3.63) is 35.6 Å². The van der Waals surface area contributed by atoms with Crippen LogP contribution in [0.3, 0.4) is 0 Å². The number of benzene rings is 1. The molecule has 0 aliphatic heterocycles. The highest BCUT2D eigenvalue weighted by Gasteiger charge is 2.14. The largest absolute Gasteiger partial charge is 0.396 e. The number of amides is 1. The molecular formula is C13H18FNO3. The predicted molar refractivity (Wildman–Crippen MR) is 65.3 cm³/mol. The third-order valence-corrected chi connectivity index (χ3v) is 2.58. The number of hydrogen-bond acceptors (Lipinski definition) is 3. The lowest BCUT2D eigenvalue weighted by Crippen LogP contribution is -2.34. The molecule has 18 heavy (non-hydrogen) atoms. The van der Waals surface area contributed by atoms with Gasteiger partial charge in [0.25, 0.3) is 0 Å². The number of aliphatic hydroxyl groups excluding tert-OH is 2. The minimum absolute atomic E-state index is 0.00605. The van der Waals surface area contributed by atoms with E-state index in [1.54, 1.807) is 13.0 Å². The van der Waals surface area contributed by atoms with E-state index in [9.17, 15) is 14.3 Å². The maximum atomic E-state index is 12.9. The van der Waals surface area contributed by atoms with Crippen LogP contribution in [0.1, 0.15) is 31.4 Å². The number of nitrogens with one attached hydrogen (secondary N) is 1. The van der Waals surface area contributed by atoms with Gasteiger partial charge in [-0.15, -0.1) is 0 Å². The molecular weight excluding hydrogens is 237 g/mol. The molecule has 1 aromatic carbocycles. The normalized spacial score (nSPS) is 14.0. The molecule has 1 aromatic rings. The fourth-order valence-corrected chi connectivity index (χ4v) is 1.61. The number of halogens is 1. The first-order chi connectivity index (χ1) is 8.52. The minimum atomic E-state index is -1.03. The van der Waals surface area contributed by atoms with Gasteiger partial charge >= 0.3 is 0 Å². The van der Waals surface area contributed by atoms with E-state index in [1.165, 1.54) is 18.2 Å². The van der Waals surface area contributed by atoms with Crippen molar-refractivity contribution in [2.45, 2.75) is 31.9 Å². The Hall–Kier alpha value is -1.46. The number of carbonyl (C=O) groups is 1. The monoisotopic (exact) mass is 255 g/mol. The quantitative estimate of drug-likeness (QED) is 0.714. The SMILES string of the molecule is C[C@H](CCO)NC(=O)CC(O)c1cccc(F)c1. The van der Waals surface area contributed by atoms with Crippen LogP contribution in [-0.2, 0) is 4.79 Å². The molecule has 5 heteroatoms. The lowest BCUT2D eigenvalue weighted by molar-refractivity contribution is -0.123. The predicted octanol–water partition coefficient (Wildman–Crippen LogP) is 1.14. The highest BCUT2D eigenvalue weighted by molar-refractivity contribution is 5.76. The van der Waals surface area contributed by atoms with Gasteiger partial charge in [0.1, 0.15) is 5.82 Å². The summed E-state index contributed by atoms with van der Waals surface area (Å²) in [6, 6.07) is 5.38. The van der Waals surface area contributed by atoms with E-state index in [-0.39, 0.29) is 25.0 Å². The zero-order valence-electron chi connectivity index (χ0n) is 10.3. The Bertz CT molecular complexity index is 398. The van der Waals surface area contributed by atoms with Crippen LogP contribution in [0.5, 0.6) is 0 Å². The molecule has 3 N–H and O–H groups in total. The van der Waals surface area contributed by atoms with Crippen LogP contribution >= 0.6 is 0 Å². The highest BCUT2D eigenvalue weighted by Crippen LogP contribution is 2.17. The van der Waals surface area contributed by atoms with Gasteiger partial charge in [-0.05, 0) is 31.0 Å². The smallest absolute Gasteiger partial charge is 0.223 e. The van der Waals surface area contributed by atoms with Gasteiger partial charge < -0.3 is 15.5 Å². The van der Waals surface area contributed by atoms with Crippen LogP contribution in [-0.4, -0.2) is 28.8 Å². The summed E-state index contributed by atoms with van der Waals surface area (Å²) in [5.74, 6) is -0.770. The molecule has 0 fully saturated rings. The van der Waals surface area contributed by atoms with Gasteiger partial charge in [0, 0.05) is 12.6 Å². The van der Waals surface area contributed by atoms with Crippen molar-refractivity contribution in [3.8, 4) is 0 Å². The first-order valence-electron chi connectivity index (χ1n) is 5.86. The standard InChI is InChI=1S/C13H18FNO3/c1-9(5-6-16)15-13(18)8-12(17)10-3-2-4-11(14)7-10/h2-4,7,9,12,16-17H,5-6,8H2,1H3,(H,15,18)/t9-,12?/m1/s1. The molecule has 4 nitrogen and oxygen atoms in total. The van der Waals surface area contributed by atoms with Gasteiger partial charge in [-0.25, -0.2) is 4.39 Å². The van der Waals surface area contributed by atoms with Crippen molar-refractivity contribution in [2.75, 3.05) is 6.61 Å². The Morgan fingerprint density at radius 2 is 2.22 bits per heavy atom. The van der Waals surface area contributed by atoms with Gasteiger partial charge in [0.05, 0.1) is 12.5 Å². The van der Waals surface area contributed by atoms with Crippen molar-refractivity contribution in [1.82, 2.24) is 5.32 Å². The Morgan fingerprint density at radius 3 is 2.83 bits per heavy atom. The molecule has 0 saturated carbocycles. The summed E-state index contributed by atoms with van der Waals surface area (Å²) < 4.78 is 12.9. The molecule has 1 amide bonds. The second-order valence-corrected chi connectivity index (χ2v) is 4.26. The van der Waals surface area contributed by atoms with E-state index in [4.69, 9.17) is 5.11 Å². The summed E-state index contributed by atoms with van der Waals surface area (Å²) in [7, 11) is 0. The number of hydrogen-bond donors (Lipinski definition) is 3. The van der Waals surface area contributed by atoms with E-state index < -0.39 is 11.9 Å². The lowest BCUT2D eigenvalue weighted by atomic mass is 10.1. The summed E-state index contributed by atoms with van der Waals surface area (Å²) in [4.78, 5) is 11.6. The Labute approximate surface area is 105 Å². The van der Waals surface area contributed by atoms with Crippen molar-refractivity contribution in [1.29, 1.82) is 0 Å². The third-order valence-electron chi connectivity index (χ3n) is 2.58. The Morgan fingerprint density at radius 1 is 1.50 bits per heavy atom. The van der Waals surface area contributed by atoms with Crippen molar-refractivity contribution < 1.29 is 19.4 Å². The van der Waals surface area contributed by atoms with Gasteiger partial charge in [-0.2, -0.15) is 0 Å². The zero-order chi connectivity index (χ0) is 13.5. The second-order valence-electron chi connectivity index (χ2n) is 4.26. The molecule has 0 spiro atoms. The van der Waals surface area contributed by atoms with Crippen LogP contribution in [0.2, 0.25) is 0 Å². The van der Waals surface area contributed by atoms with E-state index in [0.29, 0.717) is 12.0 Å². The van der Waals surface area contributed by atoms with E-state index in [0.717, 1.165) is 0 Å². The van der Waals surface area contributed by atoms with Crippen molar-refractivity contribution in [2.24, 2.45) is 0 Å². The van der Waals surface area contributed by atoms with Gasteiger partial charge in [-0.1, -0.05) is 12.1 Å². The van der Waals surface area contributed by atoms with E-state index in [1.807, 2.05) is 0 Å².